The number of aliphatic imine (C=N–C) groups is 1. The fourth-order valence-corrected chi connectivity index (χ4v) is 5.03. The van der Waals surface area contributed by atoms with Crippen molar-refractivity contribution < 1.29 is 19.1 Å². The Hall–Kier alpha value is -2.60. The monoisotopic (exact) mass is 425 g/mol. The number of hydrogen-bond acceptors (Lipinski definition) is 6. The van der Waals surface area contributed by atoms with E-state index in [1.807, 2.05) is 11.4 Å². The third-order valence-corrected chi connectivity index (χ3v) is 6.34. The highest BCUT2D eigenvalue weighted by Gasteiger charge is 2.23. The smallest absolute Gasteiger partial charge is 0.341 e. The predicted octanol–water partition coefficient (Wildman–Crippen LogP) is 6.20. The molecule has 1 aromatic carbocycles. The number of hydrogen-bond donors (Lipinski definition) is 1. The summed E-state index contributed by atoms with van der Waals surface area (Å²) in [4.78, 5) is 17.3. The van der Waals surface area contributed by atoms with Gasteiger partial charge in [0.05, 0.1) is 12.2 Å². The average Bonchev–Trinajstić information content (AvgIpc) is 3.28. The van der Waals surface area contributed by atoms with E-state index in [0.717, 1.165) is 54.4 Å². The van der Waals surface area contributed by atoms with E-state index in [9.17, 15) is 9.90 Å². The molecule has 2 heterocycles. The van der Waals surface area contributed by atoms with Gasteiger partial charge in [0.25, 0.3) is 0 Å². The molecule has 1 aliphatic carbocycles. The number of ether oxygens (including phenoxy) is 1. The number of furan rings is 1. The Labute approximate surface area is 180 Å². The molecule has 0 amide bonds. The van der Waals surface area contributed by atoms with Gasteiger partial charge in [-0.25, -0.2) is 9.79 Å². The molecular weight excluding hydrogens is 398 g/mol. The minimum atomic E-state index is -0.343. The zero-order chi connectivity index (χ0) is 21.3. The molecule has 1 aliphatic rings. The Kier molecular flexibility index (Phi) is 5.95. The largest absolute Gasteiger partial charge is 0.507 e. The highest BCUT2D eigenvalue weighted by atomic mass is 32.1. The molecule has 3 aromatic rings. The van der Waals surface area contributed by atoms with E-state index in [-0.39, 0.29) is 11.7 Å². The minimum absolute atomic E-state index is 0.164. The van der Waals surface area contributed by atoms with E-state index in [4.69, 9.17) is 9.15 Å². The number of benzene rings is 1. The van der Waals surface area contributed by atoms with Crippen molar-refractivity contribution in [1.29, 1.82) is 0 Å². The van der Waals surface area contributed by atoms with Gasteiger partial charge in [-0.1, -0.05) is 13.8 Å². The van der Waals surface area contributed by atoms with Crippen molar-refractivity contribution in [3.63, 3.8) is 0 Å². The normalized spacial score (nSPS) is 14.0. The molecule has 0 unspecified atom stereocenters. The summed E-state index contributed by atoms with van der Waals surface area (Å²) in [5, 5.41) is 14.1. The Morgan fingerprint density at radius 1 is 1.33 bits per heavy atom. The Balaban J connectivity index is 1.78. The molecule has 158 valence electrons. The molecule has 0 fully saturated rings. The number of thiophene rings is 1. The second-order valence-corrected chi connectivity index (χ2v) is 8.96. The number of fused-ring (bicyclic) bond motifs is 3. The first-order chi connectivity index (χ1) is 14.5. The topological polar surface area (TPSA) is 72.0 Å². The molecule has 0 spiro atoms. The molecule has 5 nitrogen and oxygen atoms in total. The molecule has 6 heteroatoms. The third-order valence-electron chi connectivity index (χ3n) is 5.40. The molecule has 4 rings (SSSR count). The van der Waals surface area contributed by atoms with E-state index in [1.54, 1.807) is 19.2 Å². The summed E-state index contributed by atoms with van der Waals surface area (Å²) in [5.41, 5.74) is 4.09. The van der Waals surface area contributed by atoms with Crippen LogP contribution in [0.4, 0.5) is 5.00 Å². The van der Waals surface area contributed by atoms with E-state index in [0.29, 0.717) is 28.7 Å². The van der Waals surface area contributed by atoms with Crippen LogP contribution in [0.15, 0.2) is 26.9 Å². The van der Waals surface area contributed by atoms with Crippen molar-refractivity contribution >= 4 is 39.5 Å². The lowest BCUT2D eigenvalue weighted by Gasteiger charge is -2.10. The maximum absolute atomic E-state index is 12.6. The number of rotatable bonds is 6. The van der Waals surface area contributed by atoms with Crippen LogP contribution in [0.3, 0.4) is 0 Å². The average molecular weight is 426 g/mol. The fourth-order valence-electron chi connectivity index (χ4n) is 4.11. The van der Waals surface area contributed by atoms with Gasteiger partial charge in [-0.15, -0.1) is 11.3 Å². The van der Waals surface area contributed by atoms with Crippen LogP contribution in [0.5, 0.6) is 5.75 Å². The fraction of sp³-hybridized carbons (Fsp3) is 0.417. The number of esters is 1. The molecule has 30 heavy (non-hydrogen) atoms. The third kappa shape index (κ3) is 3.88. The maximum atomic E-state index is 12.6. The molecule has 1 N–H and O–H groups in total. The van der Waals surface area contributed by atoms with Crippen LogP contribution in [0.2, 0.25) is 0 Å². The van der Waals surface area contributed by atoms with Gasteiger partial charge in [0.15, 0.2) is 0 Å². The molecule has 0 radical (unpaired) electrons. The maximum Gasteiger partial charge on any atom is 0.341 e. The summed E-state index contributed by atoms with van der Waals surface area (Å²) < 4.78 is 11.3. The van der Waals surface area contributed by atoms with Gasteiger partial charge in [-0.2, -0.15) is 0 Å². The number of phenols is 1. The van der Waals surface area contributed by atoms with Gasteiger partial charge in [0, 0.05) is 29.1 Å². The lowest BCUT2D eigenvalue weighted by atomic mass is 9.94. The first-order valence-corrected chi connectivity index (χ1v) is 11.4. The summed E-state index contributed by atoms with van der Waals surface area (Å²) >= 11 is 1.43. The second kappa shape index (κ2) is 8.64. The number of phenolic OH excluding ortho intramolecular Hbond substituents is 1. The Morgan fingerprint density at radius 2 is 2.13 bits per heavy atom. The van der Waals surface area contributed by atoms with Gasteiger partial charge in [0.1, 0.15) is 22.1 Å². The first-order valence-electron chi connectivity index (χ1n) is 10.6. The van der Waals surface area contributed by atoms with E-state index in [1.165, 1.54) is 16.9 Å². The van der Waals surface area contributed by atoms with E-state index >= 15 is 0 Å². The van der Waals surface area contributed by atoms with Crippen LogP contribution in [0, 0.1) is 5.92 Å². The van der Waals surface area contributed by atoms with Crippen molar-refractivity contribution in [2.75, 3.05) is 6.61 Å². The molecule has 0 atom stereocenters. The van der Waals surface area contributed by atoms with E-state index in [2.05, 4.69) is 18.8 Å². The van der Waals surface area contributed by atoms with E-state index < -0.39 is 0 Å². The summed E-state index contributed by atoms with van der Waals surface area (Å²) in [5.74, 6) is 1.25. The van der Waals surface area contributed by atoms with Crippen molar-refractivity contribution in [2.24, 2.45) is 10.9 Å². The van der Waals surface area contributed by atoms with Gasteiger partial charge in [-0.3, -0.25) is 0 Å². The summed E-state index contributed by atoms with van der Waals surface area (Å²) in [6, 6.07) is 3.46. The van der Waals surface area contributed by atoms with Crippen LogP contribution in [0.1, 0.15) is 66.4 Å². The molecule has 0 bridgehead atoms. The number of carbonyl (C=O) groups is 1. The predicted molar refractivity (Wildman–Crippen MR) is 121 cm³/mol. The quantitative estimate of drug-likeness (QED) is 0.377. The lowest BCUT2D eigenvalue weighted by Crippen LogP contribution is -2.08. The zero-order valence-electron chi connectivity index (χ0n) is 17.7. The Morgan fingerprint density at radius 3 is 2.90 bits per heavy atom. The standard InChI is InChI=1S/C24H27NO4S/c1-4-28-24(27)21-15(11-14(2)3)13-30-23(21)25-12-17-18(26)9-10-20-22(17)16-7-5-6-8-19(16)29-20/h9-10,12-14,26H,4-8,11H2,1-3H3. The van der Waals surface area contributed by atoms with Gasteiger partial charge >= 0.3 is 5.97 Å². The minimum Gasteiger partial charge on any atom is -0.507 e. The summed E-state index contributed by atoms with van der Waals surface area (Å²) in [6.07, 6.45) is 6.56. The molecular formula is C24H27NO4S. The number of aromatic hydroxyl groups is 1. The Bertz CT molecular complexity index is 1110. The van der Waals surface area contributed by atoms with Crippen LogP contribution < -0.4 is 0 Å². The van der Waals surface area contributed by atoms with Crippen LogP contribution in [-0.4, -0.2) is 23.9 Å². The number of nitrogens with zero attached hydrogens (tertiary/aromatic N) is 1. The van der Waals surface area contributed by atoms with Crippen LogP contribution in [-0.2, 0) is 24.0 Å². The van der Waals surface area contributed by atoms with Crippen LogP contribution in [0.25, 0.3) is 11.0 Å². The van der Waals surface area contributed by atoms with Gasteiger partial charge < -0.3 is 14.3 Å². The summed E-state index contributed by atoms with van der Waals surface area (Å²) in [6.45, 7) is 6.36. The second-order valence-electron chi connectivity index (χ2n) is 8.10. The summed E-state index contributed by atoms with van der Waals surface area (Å²) in [7, 11) is 0. The van der Waals surface area contributed by atoms with Gasteiger partial charge in [0.2, 0.25) is 0 Å². The molecule has 0 saturated carbocycles. The molecule has 0 aliphatic heterocycles. The molecule has 2 aromatic heterocycles. The number of carbonyl (C=O) groups excluding carboxylic acids is 1. The zero-order valence-corrected chi connectivity index (χ0v) is 18.5. The van der Waals surface area contributed by atoms with Crippen molar-refractivity contribution in [3.05, 3.63) is 45.5 Å². The van der Waals surface area contributed by atoms with Crippen LogP contribution >= 0.6 is 11.3 Å². The van der Waals surface area contributed by atoms with Crippen molar-refractivity contribution in [1.82, 2.24) is 0 Å². The highest BCUT2D eigenvalue weighted by Crippen LogP contribution is 2.38. The SMILES string of the molecule is CCOC(=O)c1c(CC(C)C)csc1N=Cc1c(O)ccc2oc3c(c12)CCCC3. The van der Waals surface area contributed by atoms with Gasteiger partial charge in [-0.05, 0) is 61.6 Å². The molecule has 0 saturated heterocycles. The lowest BCUT2D eigenvalue weighted by molar-refractivity contribution is 0.0526. The highest BCUT2D eigenvalue weighted by molar-refractivity contribution is 7.14. The van der Waals surface area contributed by atoms with Crippen molar-refractivity contribution in [3.8, 4) is 5.75 Å². The first kappa shape index (κ1) is 20.7. The number of aryl methyl sites for hydroxylation is 2. The van der Waals surface area contributed by atoms with Crippen molar-refractivity contribution in [2.45, 2.75) is 52.9 Å².